The topological polar surface area (TPSA) is 70.8 Å². The third kappa shape index (κ3) is 3.54. The normalized spacial score (nSPS) is 10.4. The maximum absolute atomic E-state index is 11.1. The van der Waals surface area contributed by atoms with Crippen molar-refractivity contribution in [3.8, 4) is 28.7 Å². The number of aldehydes is 1. The van der Waals surface area contributed by atoms with E-state index in [9.17, 15) is 4.79 Å². The lowest BCUT2D eigenvalue weighted by molar-refractivity contribution is 0.111. The van der Waals surface area contributed by atoms with Crippen LogP contribution in [0.5, 0.6) is 17.2 Å². The quantitative estimate of drug-likeness (QED) is 0.597. The number of carbonyl (C=O) groups excluding carboxylic acids is 1. The number of aryl methyl sites for hydroxylation is 1. The number of hydrogen-bond acceptors (Lipinski definition) is 6. The summed E-state index contributed by atoms with van der Waals surface area (Å²) in [5, 5.41) is 0. The Morgan fingerprint density at radius 3 is 2.54 bits per heavy atom. The van der Waals surface area contributed by atoms with Gasteiger partial charge in [0, 0.05) is 5.56 Å². The average Bonchev–Trinajstić information content (AvgIpc) is 3.06. The van der Waals surface area contributed by atoms with Gasteiger partial charge in [-0.15, -0.1) is 0 Å². The molecule has 0 aliphatic carbocycles. The molecule has 0 fully saturated rings. The van der Waals surface area contributed by atoms with Crippen molar-refractivity contribution >= 4 is 6.29 Å². The van der Waals surface area contributed by atoms with Gasteiger partial charge in [0.15, 0.2) is 17.8 Å². The molecule has 0 radical (unpaired) electrons. The van der Waals surface area contributed by atoms with E-state index in [1.165, 1.54) is 0 Å². The van der Waals surface area contributed by atoms with Gasteiger partial charge < -0.3 is 18.6 Å². The molecule has 0 saturated carbocycles. The molecule has 0 N–H and O–H groups in total. The molecule has 134 valence electrons. The number of aromatic nitrogens is 1. The summed E-state index contributed by atoms with van der Waals surface area (Å²) >= 11 is 0. The molecule has 6 nitrogen and oxygen atoms in total. The van der Waals surface area contributed by atoms with Crippen molar-refractivity contribution in [1.29, 1.82) is 0 Å². The number of ether oxygens (including phenoxy) is 3. The highest BCUT2D eigenvalue weighted by atomic mass is 16.5. The lowest BCUT2D eigenvalue weighted by Gasteiger charge is -2.07. The number of benzene rings is 2. The van der Waals surface area contributed by atoms with Crippen LogP contribution in [0, 0.1) is 6.92 Å². The van der Waals surface area contributed by atoms with E-state index >= 15 is 0 Å². The van der Waals surface area contributed by atoms with Crippen molar-refractivity contribution in [3.05, 3.63) is 59.5 Å². The summed E-state index contributed by atoms with van der Waals surface area (Å²) < 4.78 is 22.0. The first kappa shape index (κ1) is 17.5. The monoisotopic (exact) mass is 353 g/mol. The molecule has 0 bridgehead atoms. The first-order valence-electron chi connectivity index (χ1n) is 8.02. The Morgan fingerprint density at radius 1 is 1.04 bits per heavy atom. The van der Waals surface area contributed by atoms with Gasteiger partial charge in [-0.2, -0.15) is 0 Å². The maximum atomic E-state index is 11.1. The Labute approximate surface area is 151 Å². The summed E-state index contributed by atoms with van der Waals surface area (Å²) in [7, 11) is 3.16. The lowest BCUT2D eigenvalue weighted by Crippen LogP contribution is -2.00. The van der Waals surface area contributed by atoms with Crippen LogP contribution in [0.3, 0.4) is 0 Å². The van der Waals surface area contributed by atoms with E-state index in [-0.39, 0.29) is 6.61 Å². The molecule has 26 heavy (non-hydrogen) atoms. The van der Waals surface area contributed by atoms with Crippen LogP contribution in [0.15, 0.2) is 46.9 Å². The number of nitrogens with zero attached hydrogens (tertiary/aromatic N) is 1. The van der Waals surface area contributed by atoms with Crippen LogP contribution in [0.2, 0.25) is 0 Å². The van der Waals surface area contributed by atoms with E-state index in [0.29, 0.717) is 40.2 Å². The van der Waals surface area contributed by atoms with E-state index in [1.54, 1.807) is 44.6 Å². The highest BCUT2D eigenvalue weighted by Gasteiger charge is 2.15. The number of rotatable bonds is 7. The van der Waals surface area contributed by atoms with E-state index in [1.807, 2.05) is 19.1 Å². The van der Waals surface area contributed by atoms with Crippen LogP contribution >= 0.6 is 0 Å². The van der Waals surface area contributed by atoms with Gasteiger partial charge in [0.1, 0.15) is 23.8 Å². The molecule has 0 saturated heterocycles. The van der Waals surface area contributed by atoms with Gasteiger partial charge in [-0.3, -0.25) is 4.79 Å². The molecule has 1 aromatic heterocycles. The number of methoxy groups -OCH3 is 2. The predicted molar refractivity (Wildman–Crippen MR) is 95.9 cm³/mol. The van der Waals surface area contributed by atoms with Crippen molar-refractivity contribution in [2.45, 2.75) is 13.5 Å². The first-order chi connectivity index (χ1) is 12.7. The average molecular weight is 353 g/mol. The van der Waals surface area contributed by atoms with Crippen LogP contribution in [-0.2, 0) is 6.61 Å². The highest BCUT2D eigenvalue weighted by molar-refractivity contribution is 5.79. The third-order valence-electron chi connectivity index (χ3n) is 3.93. The maximum Gasteiger partial charge on any atom is 0.226 e. The van der Waals surface area contributed by atoms with Gasteiger partial charge in [0.05, 0.1) is 19.8 Å². The zero-order chi connectivity index (χ0) is 18.5. The van der Waals surface area contributed by atoms with E-state index in [0.717, 1.165) is 11.8 Å². The lowest BCUT2D eigenvalue weighted by atomic mass is 10.2. The van der Waals surface area contributed by atoms with Gasteiger partial charge in [-0.25, -0.2) is 4.98 Å². The Hall–Kier alpha value is -3.28. The standard InChI is InChI=1S/C20H19NO5/c1-13-16(12-25-17-7-5-4-6-15(17)11-22)21-20(26-13)14-8-9-18(23-2)19(10-14)24-3/h4-11H,12H2,1-3H3. The molecule has 0 amide bonds. The van der Waals surface area contributed by atoms with Crippen molar-refractivity contribution in [1.82, 2.24) is 4.98 Å². The summed E-state index contributed by atoms with van der Waals surface area (Å²) in [5.74, 6) is 2.86. The van der Waals surface area contributed by atoms with Gasteiger partial charge >= 0.3 is 0 Å². The molecule has 0 spiro atoms. The fourth-order valence-corrected chi connectivity index (χ4v) is 2.51. The molecule has 6 heteroatoms. The Bertz CT molecular complexity index is 916. The van der Waals surface area contributed by atoms with Gasteiger partial charge in [0.25, 0.3) is 0 Å². The van der Waals surface area contributed by atoms with Gasteiger partial charge in [-0.05, 0) is 37.3 Å². The summed E-state index contributed by atoms with van der Waals surface area (Å²) in [6, 6.07) is 12.5. The van der Waals surface area contributed by atoms with Crippen LogP contribution < -0.4 is 14.2 Å². The molecule has 0 unspecified atom stereocenters. The highest BCUT2D eigenvalue weighted by Crippen LogP contribution is 2.32. The largest absolute Gasteiger partial charge is 0.493 e. The summed E-state index contributed by atoms with van der Waals surface area (Å²) in [4.78, 5) is 15.6. The number of carbonyl (C=O) groups is 1. The second-order valence-electron chi connectivity index (χ2n) is 5.54. The first-order valence-corrected chi connectivity index (χ1v) is 8.02. The van der Waals surface area contributed by atoms with Crippen LogP contribution in [0.25, 0.3) is 11.5 Å². The SMILES string of the molecule is COc1ccc(-c2nc(COc3ccccc3C=O)c(C)o2)cc1OC. The molecule has 3 aromatic rings. The zero-order valence-electron chi connectivity index (χ0n) is 14.8. The van der Waals surface area contributed by atoms with Crippen molar-refractivity contribution in [2.24, 2.45) is 0 Å². The third-order valence-corrected chi connectivity index (χ3v) is 3.93. The number of oxazole rings is 1. The van der Waals surface area contributed by atoms with Crippen molar-refractivity contribution in [3.63, 3.8) is 0 Å². The minimum atomic E-state index is 0.202. The number of hydrogen-bond donors (Lipinski definition) is 0. The summed E-state index contributed by atoms with van der Waals surface area (Å²) in [5.41, 5.74) is 1.93. The van der Waals surface area contributed by atoms with Gasteiger partial charge in [0.2, 0.25) is 5.89 Å². The van der Waals surface area contributed by atoms with E-state index in [4.69, 9.17) is 18.6 Å². The minimum Gasteiger partial charge on any atom is -0.493 e. The fourth-order valence-electron chi connectivity index (χ4n) is 2.51. The summed E-state index contributed by atoms with van der Waals surface area (Å²) in [6.45, 7) is 2.02. The van der Waals surface area contributed by atoms with Crippen LogP contribution in [0.1, 0.15) is 21.8 Å². The number of para-hydroxylation sites is 1. The van der Waals surface area contributed by atoms with E-state index in [2.05, 4.69) is 4.98 Å². The smallest absolute Gasteiger partial charge is 0.226 e. The molecule has 0 atom stereocenters. The second kappa shape index (κ2) is 7.74. The van der Waals surface area contributed by atoms with Crippen molar-refractivity contribution in [2.75, 3.05) is 14.2 Å². The van der Waals surface area contributed by atoms with Crippen LogP contribution in [0.4, 0.5) is 0 Å². The Morgan fingerprint density at radius 2 is 1.81 bits per heavy atom. The summed E-state index contributed by atoms with van der Waals surface area (Å²) in [6.07, 6.45) is 0.764. The molecule has 0 aliphatic rings. The van der Waals surface area contributed by atoms with Crippen molar-refractivity contribution < 1.29 is 23.4 Å². The Kier molecular flexibility index (Phi) is 5.22. The minimum absolute atomic E-state index is 0.202. The van der Waals surface area contributed by atoms with E-state index < -0.39 is 0 Å². The molecule has 2 aromatic carbocycles. The predicted octanol–water partition coefficient (Wildman–Crippen LogP) is 4.06. The molecule has 0 aliphatic heterocycles. The molecule has 1 heterocycles. The fraction of sp³-hybridized carbons (Fsp3) is 0.200. The second-order valence-corrected chi connectivity index (χ2v) is 5.54. The molecular weight excluding hydrogens is 334 g/mol. The molecular formula is C20H19NO5. The van der Waals surface area contributed by atoms with Gasteiger partial charge in [-0.1, -0.05) is 12.1 Å². The Balaban J connectivity index is 1.82. The zero-order valence-corrected chi connectivity index (χ0v) is 14.8. The van der Waals surface area contributed by atoms with Crippen LogP contribution in [-0.4, -0.2) is 25.5 Å². The molecule has 3 rings (SSSR count).